The lowest BCUT2D eigenvalue weighted by atomic mass is 9.95. The monoisotopic (exact) mass is 420 g/mol. The molecule has 0 amide bonds. The first-order valence-electron chi connectivity index (χ1n) is 10.2. The molecule has 1 fully saturated rings. The predicted octanol–water partition coefficient (Wildman–Crippen LogP) is 3.62. The van der Waals surface area contributed by atoms with Gasteiger partial charge < -0.3 is 19.8 Å². The maximum Gasteiger partial charge on any atom is 0.323 e. The summed E-state index contributed by atoms with van der Waals surface area (Å²) >= 11 is 0. The molecule has 1 aliphatic rings. The van der Waals surface area contributed by atoms with Gasteiger partial charge in [0.25, 0.3) is 0 Å². The van der Waals surface area contributed by atoms with Crippen molar-refractivity contribution in [2.45, 2.75) is 12.8 Å². The maximum absolute atomic E-state index is 12.4. The fourth-order valence-electron chi connectivity index (χ4n) is 3.10. The highest BCUT2D eigenvalue weighted by Crippen LogP contribution is 2.26. The van der Waals surface area contributed by atoms with Crippen LogP contribution in [0.1, 0.15) is 40.0 Å². The summed E-state index contributed by atoms with van der Waals surface area (Å²) < 4.78 is 10.3. The van der Waals surface area contributed by atoms with Gasteiger partial charge in [0.05, 0.1) is 25.2 Å². The quantitative estimate of drug-likeness (QED) is 0.385. The predicted molar refractivity (Wildman–Crippen MR) is 121 cm³/mol. The molecule has 1 atom stereocenters. The molecule has 1 aliphatic heterocycles. The molecular formula is C24H28N4O3. The smallest absolute Gasteiger partial charge is 0.323 e. The summed E-state index contributed by atoms with van der Waals surface area (Å²) in [6.07, 6.45) is 2.71. The van der Waals surface area contributed by atoms with Gasteiger partial charge in [-0.1, -0.05) is 61.5 Å². The number of hydrogen-bond donors (Lipinski definition) is 1. The fourth-order valence-corrected chi connectivity index (χ4v) is 3.10. The number of nitrogens with zero attached hydrogens (tertiary/aromatic N) is 3. The Balaban J connectivity index is 0.000000330. The molecule has 1 saturated heterocycles. The van der Waals surface area contributed by atoms with Crippen molar-refractivity contribution in [3.63, 3.8) is 0 Å². The molecule has 1 aromatic heterocycles. The largest absolute Gasteiger partial charge is 0.430 e. The van der Waals surface area contributed by atoms with Crippen LogP contribution in [0.3, 0.4) is 0 Å². The average Bonchev–Trinajstić information content (AvgIpc) is 3.29. The molecule has 7 nitrogen and oxygen atoms in total. The summed E-state index contributed by atoms with van der Waals surface area (Å²) in [5, 5.41) is 0. The second kappa shape index (κ2) is 11.2. The Hall–Kier alpha value is -3.29. The third kappa shape index (κ3) is 6.34. The van der Waals surface area contributed by atoms with Crippen LogP contribution in [0.4, 0.5) is 6.01 Å². The molecule has 31 heavy (non-hydrogen) atoms. The molecule has 0 bridgehead atoms. The first-order valence-corrected chi connectivity index (χ1v) is 10.2. The Labute approximate surface area is 182 Å². The highest BCUT2D eigenvalue weighted by atomic mass is 16.5. The molecule has 2 aromatic carbocycles. The summed E-state index contributed by atoms with van der Waals surface area (Å²) in [6, 6.07) is 17.0. The van der Waals surface area contributed by atoms with E-state index in [1.54, 1.807) is 6.26 Å². The summed E-state index contributed by atoms with van der Waals surface area (Å²) in [6.45, 7) is 6.04. The molecule has 2 heterocycles. The van der Waals surface area contributed by atoms with Crippen LogP contribution in [-0.4, -0.2) is 55.4 Å². The number of aliphatic imine (C=N–C) groups is 1. The van der Waals surface area contributed by atoms with Crippen LogP contribution in [0.2, 0.25) is 0 Å². The van der Waals surface area contributed by atoms with E-state index in [0.29, 0.717) is 11.1 Å². The number of rotatable bonds is 5. The number of ketones is 1. The zero-order valence-electron chi connectivity index (χ0n) is 17.9. The molecule has 0 spiro atoms. The van der Waals surface area contributed by atoms with Crippen molar-refractivity contribution < 1.29 is 13.9 Å². The van der Waals surface area contributed by atoms with Crippen LogP contribution in [-0.2, 0) is 4.74 Å². The van der Waals surface area contributed by atoms with Gasteiger partial charge in [0.1, 0.15) is 6.26 Å². The number of benzene rings is 2. The highest BCUT2D eigenvalue weighted by molar-refractivity contribution is 6.08. The molecule has 0 radical (unpaired) electrons. The van der Waals surface area contributed by atoms with E-state index in [2.05, 4.69) is 21.9 Å². The van der Waals surface area contributed by atoms with E-state index in [9.17, 15) is 4.79 Å². The number of likely N-dealkylation sites (N-methyl/N-ethyl adjacent to an activating group) is 1. The number of carbonyl (C=O) groups is 1. The van der Waals surface area contributed by atoms with Crippen LogP contribution in [0.5, 0.6) is 0 Å². The number of morpholine rings is 1. The topological polar surface area (TPSA) is 94.0 Å². The van der Waals surface area contributed by atoms with Gasteiger partial charge in [0.2, 0.25) is 0 Å². The van der Waals surface area contributed by atoms with Gasteiger partial charge >= 0.3 is 6.01 Å². The minimum absolute atomic E-state index is 0.0100. The van der Waals surface area contributed by atoms with Crippen LogP contribution >= 0.6 is 0 Å². The second-order valence-electron chi connectivity index (χ2n) is 7.29. The minimum Gasteiger partial charge on any atom is -0.430 e. The first-order chi connectivity index (χ1) is 15.1. The van der Waals surface area contributed by atoms with E-state index in [1.165, 1.54) is 0 Å². The van der Waals surface area contributed by atoms with Crippen molar-refractivity contribution in [1.29, 1.82) is 0 Å². The molecule has 7 heteroatoms. The van der Waals surface area contributed by atoms with E-state index >= 15 is 0 Å². The van der Waals surface area contributed by atoms with Gasteiger partial charge in [0.15, 0.2) is 5.78 Å². The van der Waals surface area contributed by atoms with Crippen LogP contribution in [0, 0.1) is 0 Å². The minimum atomic E-state index is 0.0100. The summed E-state index contributed by atoms with van der Waals surface area (Å²) in [7, 11) is 2.11. The Morgan fingerprint density at radius 2 is 1.74 bits per heavy atom. The normalized spacial score (nSPS) is 15.3. The van der Waals surface area contributed by atoms with Crippen LogP contribution in [0.25, 0.3) is 0 Å². The molecule has 4 rings (SSSR count). The molecular weight excluding hydrogens is 392 g/mol. The van der Waals surface area contributed by atoms with Crippen LogP contribution < -0.4 is 5.73 Å². The number of oxazole rings is 1. The number of hydrogen-bond acceptors (Lipinski definition) is 6. The lowest BCUT2D eigenvalue weighted by molar-refractivity contribution is 0.0503. The summed E-state index contributed by atoms with van der Waals surface area (Å²) in [4.78, 5) is 22.8. The van der Waals surface area contributed by atoms with Gasteiger partial charge in [0, 0.05) is 30.1 Å². The molecule has 162 valence electrons. The van der Waals surface area contributed by atoms with Gasteiger partial charge in [-0.05, 0) is 12.6 Å². The summed E-state index contributed by atoms with van der Waals surface area (Å²) in [5.41, 5.74) is 8.36. The Morgan fingerprint density at radius 1 is 1.10 bits per heavy atom. The van der Waals surface area contributed by atoms with Crippen molar-refractivity contribution in [2.24, 2.45) is 10.7 Å². The zero-order chi connectivity index (χ0) is 22.1. The maximum atomic E-state index is 12.4. The third-order valence-corrected chi connectivity index (χ3v) is 5.08. The molecule has 1 unspecified atom stereocenters. The molecule has 2 N–H and O–H groups in total. The Morgan fingerprint density at radius 3 is 2.32 bits per heavy atom. The van der Waals surface area contributed by atoms with Gasteiger partial charge in [-0.3, -0.25) is 4.79 Å². The zero-order valence-corrected chi connectivity index (χ0v) is 17.9. The highest BCUT2D eigenvalue weighted by Gasteiger charge is 2.15. The number of carbonyl (C=O) groups excluding carboxylic acids is 1. The van der Waals surface area contributed by atoms with Crippen molar-refractivity contribution in [2.75, 3.05) is 33.4 Å². The third-order valence-electron chi connectivity index (χ3n) is 5.08. The van der Waals surface area contributed by atoms with Gasteiger partial charge in [-0.25, -0.2) is 0 Å². The van der Waals surface area contributed by atoms with E-state index < -0.39 is 0 Å². The number of nitrogens with two attached hydrogens (primary N) is 1. The van der Waals surface area contributed by atoms with E-state index in [1.807, 2.05) is 61.5 Å². The Bertz CT molecular complexity index is 978. The summed E-state index contributed by atoms with van der Waals surface area (Å²) in [5.74, 6) is 0.0344. The van der Waals surface area contributed by atoms with Gasteiger partial charge in [-0.2, -0.15) is 9.98 Å². The number of aromatic nitrogens is 1. The Kier molecular flexibility index (Phi) is 8.09. The number of ether oxygens (including phenoxy) is 1. The molecule has 0 saturated carbocycles. The van der Waals surface area contributed by atoms with E-state index in [-0.39, 0.29) is 17.7 Å². The lowest BCUT2D eigenvalue weighted by Gasteiger charge is -2.21. The first kappa shape index (κ1) is 22.4. The van der Waals surface area contributed by atoms with E-state index in [4.69, 9.17) is 14.9 Å². The second-order valence-corrected chi connectivity index (χ2v) is 7.29. The fraction of sp³-hybridized carbons (Fsp3) is 0.292. The molecule has 3 aromatic rings. The SMILES string of the molecule is CC(c1ccc(C(=O)c2ccccc2)cc1)c1coc(N=CN)n1.CN1CCOCC1. The van der Waals surface area contributed by atoms with Crippen LogP contribution in [0.15, 0.2) is 70.3 Å². The molecule has 0 aliphatic carbocycles. The van der Waals surface area contributed by atoms with Crippen molar-refractivity contribution in [1.82, 2.24) is 9.88 Å². The van der Waals surface area contributed by atoms with Crippen molar-refractivity contribution in [3.05, 3.63) is 83.2 Å². The van der Waals surface area contributed by atoms with Crippen molar-refractivity contribution >= 4 is 18.1 Å². The van der Waals surface area contributed by atoms with E-state index in [0.717, 1.165) is 43.9 Å². The van der Waals surface area contributed by atoms with Crippen molar-refractivity contribution in [3.8, 4) is 0 Å². The lowest BCUT2D eigenvalue weighted by Crippen LogP contribution is -2.32. The standard InChI is InChI=1S/C19H17N3O2.C5H11NO/c1-13(17-11-24-19(22-17)21-12-20)14-7-9-16(10-8-14)18(23)15-5-3-2-4-6-15;1-6-2-4-7-5-3-6/h2-13H,1H3,(H2,20,21,22);2-5H2,1H3. The van der Waals surface area contributed by atoms with Gasteiger partial charge in [-0.15, -0.1) is 0 Å². The average molecular weight is 421 g/mol.